The minimum absolute atomic E-state index is 0.433. The van der Waals surface area contributed by atoms with Gasteiger partial charge in [-0.05, 0) is 29.7 Å². The van der Waals surface area contributed by atoms with Crippen LogP contribution in [0.2, 0.25) is 5.02 Å². The van der Waals surface area contributed by atoms with E-state index in [9.17, 15) is 0 Å². The largest absolute Gasteiger partial charge is 0.368 e. The van der Waals surface area contributed by atoms with Gasteiger partial charge in [0.1, 0.15) is 0 Å². The normalized spacial score (nSPS) is 10.8. The Kier molecular flexibility index (Phi) is 5.20. The molecular formula is C17H17ClN4S. The van der Waals surface area contributed by atoms with Gasteiger partial charge in [-0.15, -0.1) is 10.2 Å². The molecule has 3 aromatic rings. The average Bonchev–Trinajstić information content (AvgIpc) is 2.91. The van der Waals surface area contributed by atoms with E-state index in [1.165, 1.54) is 5.56 Å². The van der Waals surface area contributed by atoms with E-state index in [-0.39, 0.29) is 0 Å². The first-order valence-electron chi connectivity index (χ1n) is 7.32. The summed E-state index contributed by atoms with van der Waals surface area (Å²) in [5.74, 6) is 1.37. The van der Waals surface area contributed by atoms with E-state index >= 15 is 0 Å². The smallest absolute Gasteiger partial charge is 0.222 e. The topological polar surface area (TPSA) is 56.7 Å². The Balaban J connectivity index is 1.65. The zero-order chi connectivity index (χ0) is 16.1. The van der Waals surface area contributed by atoms with Gasteiger partial charge in [0, 0.05) is 10.8 Å². The van der Waals surface area contributed by atoms with Crippen LogP contribution in [-0.4, -0.2) is 20.5 Å². The quantitative estimate of drug-likeness (QED) is 0.689. The summed E-state index contributed by atoms with van der Waals surface area (Å²) >= 11 is 7.59. The third kappa shape index (κ3) is 4.27. The van der Waals surface area contributed by atoms with Crippen molar-refractivity contribution >= 4 is 29.3 Å². The van der Waals surface area contributed by atoms with Crippen LogP contribution in [0, 0.1) is 0 Å². The number of hydrogen-bond donors (Lipinski definition) is 1. The van der Waals surface area contributed by atoms with Crippen LogP contribution in [0.5, 0.6) is 0 Å². The average molecular weight is 345 g/mol. The number of rotatable bonds is 6. The summed E-state index contributed by atoms with van der Waals surface area (Å²) < 4.78 is 1.93. The number of nitrogens with zero attached hydrogens (tertiary/aromatic N) is 3. The first-order chi connectivity index (χ1) is 11.2. The molecule has 23 heavy (non-hydrogen) atoms. The second-order valence-corrected chi connectivity index (χ2v) is 6.64. The van der Waals surface area contributed by atoms with E-state index in [4.69, 9.17) is 17.3 Å². The number of aryl methyl sites for hydroxylation is 1. The van der Waals surface area contributed by atoms with Gasteiger partial charge >= 0.3 is 0 Å². The monoisotopic (exact) mass is 344 g/mol. The summed E-state index contributed by atoms with van der Waals surface area (Å²) in [5, 5.41) is 9.75. The minimum Gasteiger partial charge on any atom is -0.368 e. The molecule has 0 aliphatic carbocycles. The number of anilines is 1. The van der Waals surface area contributed by atoms with E-state index in [0.29, 0.717) is 12.5 Å². The van der Waals surface area contributed by atoms with Crippen molar-refractivity contribution < 1.29 is 0 Å². The summed E-state index contributed by atoms with van der Waals surface area (Å²) in [6.45, 7) is 0.643. The highest BCUT2D eigenvalue weighted by atomic mass is 35.5. The molecule has 0 aliphatic heterocycles. The molecule has 6 heteroatoms. The number of benzene rings is 2. The van der Waals surface area contributed by atoms with Crippen molar-refractivity contribution in [3.05, 3.63) is 70.7 Å². The maximum absolute atomic E-state index is 5.95. The zero-order valence-electron chi connectivity index (χ0n) is 12.5. The van der Waals surface area contributed by atoms with Gasteiger partial charge in [0.25, 0.3) is 0 Å². The van der Waals surface area contributed by atoms with Crippen molar-refractivity contribution in [3.8, 4) is 0 Å². The highest BCUT2D eigenvalue weighted by molar-refractivity contribution is 7.99. The van der Waals surface area contributed by atoms with Crippen LogP contribution < -0.4 is 5.73 Å². The first-order valence-corrected chi connectivity index (χ1v) is 8.68. The number of nitrogens with two attached hydrogens (primary N) is 1. The Morgan fingerprint density at radius 1 is 0.957 bits per heavy atom. The number of aromatic nitrogens is 3. The Morgan fingerprint density at radius 2 is 1.70 bits per heavy atom. The van der Waals surface area contributed by atoms with Crippen LogP contribution in [0.25, 0.3) is 0 Å². The van der Waals surface area contributed by atoms with Gasteiger partial charge in [-0.25, -0.2) is 0 Å². The third-order valence-corrected chi connectivity index (χ3v) is 4.68. The summed E-state index contributed by atoms with van der Waals surface area (Å²) in [5.41, 5.74) is 8.38. The number of nitrogen functional groups attached to an aromatic ring is 1. The van der Waals surface area contributed by atoms with Gasteiger partial charge in [0.2, 0.25) is 5.95 Å². The number of thioether (sulfide) groups is 1. The molecule has 0 amide bonds. The van der Waals surface area contributed by atoms with Crippen molar-refractivity contribution in [3.63, 3.8) is 0 Å². The number of halogens is 1. The predicted octanol–water partition coefficient (Wildman–Crippen LogP) is 3.90. The molecule has 1 heterocycles. The summed E-state index contributed by atoms with van der Waals surface area (Å²) in [6, 6.07) is 18.1. The van der Waals surface area contributed by atoms with Crippen LogP contribution >= 0.6 is 23.4 Å². The molecule has 0 spiro atoms. The van der Waals surface area contributed by atoms with E-state index in [1.807, 2.05) is 34.9 Å². The molecule has 0 fully saturated rings. The molecule has 2 N–H and O–H groups in total. The van der Waals surface area contributed by atoms with Crippen molar-refractivity contribution in [2.45, 2.75) is 18.1 Å². The van der Waals surface area contributed by atoms with Gasteiger partial charge in [0.15, 0.2) is 5.16 Å². The van der Waals surface area contributed by atoms with Crippen molar-refractivity contribution in [1.29, 1.82) is 0 Å². The lowest BCUT2D eigenvalue weighted by Gasteiger charge is -2.08. The minimum atomic E-state index is 0.433. The molecule has 118 valence electrons. The molecule has 2 aromatic carbocycles. The zero-order valence-corrected chi connectivity index (χ0v) is 14.1. The fourth-order valence-corrected chi connectivity index (χ4v) is 3.29. The summed E-state index contributed by atoms with van der Waals surface area (Å²) in [4.78, 5) is 0. The Labute approximate surface area is 144 Å². The Bertz CT molecular complexity index is 756. The van der Waals surface area contributed by atoms with Crippen molar-refractivity contribution in [2.75, 3.05) is 11.5 Å². The third-order valence-electron chi connectivity index (χ3n) is 3.46. The standard InChI is InChI=1S/C17H17ClN4S/c18-15-8-6-14(7-9-15)12-22-16(19)20-21-17(22)23-11-10-13-4-2-1-3-5-13/h1-9H,10-12H2,(H2,19,20). The molecule has 0 atom stereocenters. The molecule has 1 aromatic heterocycles. The van der Waals surface area contributed by atoms with E-state index in [1.54, 1.807) is 11.8 Å². The molecule has 0 unspecified atom stereocenters. The van der Waals surface area contributed by atoms with Crippen LogP contribution in [0.1, 0.15) is 11.1 Å². The van der Waals surface area contributed by atoms with Crippen LogP contribution in [0.15, 0.2) is 59.8 Å². The second-order valence-electron chi connectivity index (χ2n) is 5.14. The molecule has 0 saturated carbocycles. The summed E-state index contributed by atoms with van der Waals surface area (Å²) in [7, 11) is 0. The van der Waals surface area contributed by atoms with Crippen molar-refractivity contribution in [2.24, 2.45) is 0 Å². The second kappa shape index (κ2) is 7.53. The Morgan fingerprint density at radius 3 is 2.43 bits per heavy atom. The predicted molar refractivity (Wildman–Crippen MR) is 95.9 cm³/mol. The maximum atomic E-state index is 5.95. The molecule has 0 saturated heterocycles. The Hall–Kier alpha value is -1.98. The van der Waals surface area contributed by atoms with Gasteiger partial charge in [-0.3, -0.25) is 4.57 Å². The lowest BCUT2D eigenvalue weighted by atomic mass is 10.2. The van der Waals surface area contributed by atoms with Gasteiger partial charge in [0.05, 0.1) is 6.54 Å². The van der Waals surface area contributed by atoms with Crippen LogP contribution in [0.3, 0.4) is 0 Å². The molecule has 0 radical (unpaired) electrons. The van der Waals surface area contributed by atoms with E-state index < -0.39 is 0 Å². The van der Waals surface area contributed by atoms with Gasteiger partial charge in [-0.2, -0.15) is 0 Å². The van der Waals surface area contributed by atoms with E-state index in [0.717, 1.165) is 27.9 Å². The highest BCUT2D eigenvalue weighted by Gasteiger charge is 2.10. The molecule has 0 bridgehead atoms. The fourth-order valence-electron chi connectivity index (χ4n) is 2.23. The molecule has 4 nitrogen and oxygen atoms in total. The SMILES string of the molecule is Nc1nnc(SCCc2ccccc2)n1Cc1ccc(Cl)cc1. The van der Waals surface area contributed by atoms with Gasteiger partial charge < -0.3 is 5.73 Å². The fraction of sp³-hybridized carbons (Fsp3) is 0.176. The lowest BCUT2D eigenvalue weighted by molar-refractivity contribution is 0.717. The van der Waals surface area contributed by atoms with Gasteiger partial charge in [-0.1, -0.05) is 65.8 Å². The molecular weight excluding hydrogens is 328 g/mol. The first kappa shape index (κ1) is 15.9. The maximum Gasteiger partial charge on any atom is 0.222 e. The highest BCUT2D eigenvalue weighted by Crippen LogP contribution is 2.21. The van der Waals surface area contributed by atoms with E-state index in [2.05, 4.69) is 34.5 Å². The number of hydrogen-bond acceptors (Lipinski definition) is 4. The molecule has 0 aliphatic rings. The lowest BCUT2D eigenvalue weighted by Crippen LogP contribution is -2.06. The summed E-state index contributed by atoms with van der Waals surface area (Å²) in [6.07, 6.45) is 0.985. The molecule has 3 rings (SSSR count). The van der Waals surface area contributed by atoms with Crippen LogP contribution in [-0.2, 0) is 13.0 Å². The van der Waals surface area contributed by atoms with Crippen LogP contribution in [0.4, 0.5) is 5.95 Å². The van der Waals surface area contributed by atoms with Crippen molar-refractivity contribution in [1.82, 2.24) is 14.8 Å².